The number of benzene rings is 2. The minimum atomic E-state index is -1.42. The summed E-state index contributed by atoms with van der Waals surface area (Å²) in [4.78, 5) is 0. The predicted molar refractivity (Wildman–Crippen MR) is 76.6 cm³/mol. The quantitative estimate of drug-likeness (QED) is 0.800. The van der Waals surface area contributed by atoms with Gasteiger partial charge in [0.1, 0.15) is 5.75 Å². The highest BCUT2D eigenvalue weighted by molar-refractivity contribution is 6.58. The molecular weight excluding hydrogens is 239 g/mol. The Balaban J connectivity index is 1.74. The number of fused-ring (bicyclic) bond motifs is 1. The summed E-state index contributed by atoms with van der Waals surface area (Å²) >= 11 is 0. The van der Waals surface area contributed by atoms with Crippen LogP contribution in [0, 0.1) is 5.92 Å². The third-order valence-electron chi connectivity index (χ3n) is 3.63. The summed E-state index contributed by atoms with van der Waals surface area (Å²) in [6, 6.07) is 11.3. The summed E-state index contributed by atoms with van der Waals surface area (Å²) in [5, 5.41) is 20.3. The normalized spacial score (nSPS) is 14.6. The molecule has 2 N–H and O–H groups in total. The second-order valence-electron chi connectivity index (χ2n) is 5.22. The second kappa shape index (κ2) is 5.23. The zero-order chi connectivity index (χ0) is 13.2. The van der Waals surface area contributed by atoms with Gasteiger partial charge in [0.2, 0.25) is 0 Å². The van der Waals surface area contributed by atoms with E-state index in [1.807, 2.05) is 24.3 Å². The van der Waals surface area contributed by atoms with Crippen LogP contribution in [0.4, 0.5) is 0 Å². The van der Waals surface area contributed by atoms with Crippen LogP contribution in [0.1, 0.15) is 19.3 Å². The maximum absolute atomic E-state index is 9.14. The molecule has 0 bridgehead atoms. The van der Waals surface area contributed by atoms with Gasteiger partial charge in [0.25, 0.3) is 0 Å². The predicted octanol–water partition coefficient (Wildman–Crippen LogP) is 1.70. The van der Waals surface area contributed by atoms with Gasteiger partial charge in [-0.2, -0.15) is 0 Å². The van der Waals surface area contributed by atoms with Gasteiger partial charge in [0.05, 0.1) is 6.61 Å². The van der Waals surface area contributed by atoms with Gasteiger partial charge in [-0.3, -0.25) is 0 Å². The molecule has 2 aromatic carbocycles. The lowest BCUT2D eigenvalue weighted by molar-refractivity contribution is 0.303. The summed E-state index contributed by atoms with van der Waals surface area (Å²) in [5.41, 5.74) is 0.509. The molecule has 1 aliphatic rings. The van der Waals surface area contributed by atoms with E-state index < -0.39 is 7.12 Å². The average Bonchev–Trinajstić information content (AvgIpc) is 3.22. The molecule has 0 atom stereocenters. The third-order valence-corrected chi connectivity index (χ3v) is 3.63. The summed E-state index contributed by atoms with van der Waals surface area (Å²) in [5.74, 6) is 1.76. The van der Waals surface area contributed by atoms with E-state index in [1.165, 1.54) is 12.8 Å². The maximum Gasteiger partial charge on any atom is 0.488 e. The Morgan fingerprint density at radius 2 is 1.79 bits per heavy atom. The highest BCUT2D eigenvalue weighted by atomic mass is 16.5. The Kier molecular flexibility index (Phi) is 3.45. The molecule has 0 aliphatic heterocycles. The molecule has 19 heavy (non-hydrogen) atoms. The largest absolute Gasteiger partial charge is 0.494 e. The number of hydrogen-bond donors (Lipinski definition) is 2. The lowest BCUT2D eigenvalue weighted by atomic mass is 9.79. The standard InChI is InChI=1S/C15H17BO3/c17-16(18)14-5-3-13-10-15(6-4-12(13)9-14)19-8-7-11-1-2-11/h3-6,9-11,17-18H,1-2,7-8H2. The maximum atomic E-state index is 9.14. The topological polar surface area (TPSA) is 49.7 Å². The van der Waals surface area contributed by atoms with Crippen molar-refractivity contribution in [1.29, 1.82) is 0 Å². The minimum Gasteiger partial charge on any atom is -0.494 e. The monoisotopic (exact) mass is 256 g/mol. The van der Waals surface area contributed by atoms with Gasteiger partial charge in [-0.1, -0.05) is 37.1 Å². The van der Waals surface area contributed by atoms with Crippen LogP contribution in [0.3, 0.4) is 0 Å². The van der Waals surface area contributed by atoms with E-state index in [9.17, 15) is 0 Å². The Bertz CT molecular complexity index is 579. The van der Waals surface area contributed by atoms with Gasteiger partial charge >= 0.3 is 7.12 Å². The molecule has 1 aliphatic carbocycles. The van der Waals surface area contributed by atoms with E-state index in [2.05, 4.69) is 0 Å². The first-order chi connectivity index (χ1) is 9.22. The van der Waals surface area contributed by atoms with Crippen LogP contribution < -0.4 is 10.2 Å². The van der Waals surface area contributed by atoms with Crippen molar-refractivity contribution in [1.82, 2.24) is 0 Å². The molecular formula is C15H17BO3. The molecule has 1 saturated carbocycles. The fourth-order valence-corrected chi connectivity index (χ4v) is 2.24. The molecule has 3 nitrogen and oxygen atoms in total. The van der Waals surface area contributed by atoms with Crippen LogP contribution in [0.25, 0.3) is 10.8 Å². The highest BCUT2D eigenvalue weighted by Gasteiger charge is 2.20. The van der Waals surface area contributed by atoms with Crippen LogP contribution in [0.2, 0.25) is 0 Å². The molecule has 3 rings (SSSR count). The third kappa shape index (κ3) is 3.08. The number of rotatable bonds is 5. The lowest BCUT2D eigenvalue weighted by Gasteiger charge is -2.08. The van der Waals surface area contributed by atoms with Gasteiger partial charge in [-0.15, -0.1) is 0 Å². The Hall–Kier alpha value is -1.52. The van der Waals surface area contributed by atoms with E-state index in [1.54, 1.807) is 12.1 Å². The molecule has 0 heterocycles. The Morgan fingerprint density at radius 3 is 2.53 bits per heavy atom. The molecule has 0 saturated heterocycles. The van der Waals surface area contributed by atoms with E-state index >= 15 is 0 Å². The van der Waals surface area contributed by atoms with Crippen LogP contribution in [-0.4, -0.2) is 23.8 Å². The molecule has 0 spiro atoms. The molecule has 1 fully saturated rings. The van der Waals surface area contributed by atoms with Gasteiger partial charge in [0.15, 0.2) is 0 Å². The molecule has 4 heteroatoms. The van der Waals surface area contributed by atoms with Gasteiger partial charge in [-0.25, -0.2) is 0 Å². The van der Waals surface area contributed by atoms with E-state index in [0.29, 0.717) is 5.46 Å². The zero-order valence-corrected chi connectivity index (χ0v) is 10.7. The fraction of sp³-hybridized carbons (Fsp3) is 0.333. The van der Waals surface area contributed by atoms with Crippen LogP contribution in [0.5, 0.6) is 5.75 Å². The smallest absolute Gasteiger partial charge is 0.488 e. The molecule has 0 unspecified atom stereocenters. The van der Waals surface area contributed by atoms with Crippen molar-refractivity contribution >= 4 is 23.4 Å². The van der Waals surface area contributed by atoms with Crippen LogP contribution in [-0.2, 0) is 0 Å². The molecule has 0 radical (unpaired) electrons. The van der Waals surface area contributed by atoms with Crippen molar-refractivity contribution in [2.45, 2.75) is 19.3 Å². The van der Waals surface area contributed by atoms with Crippen LogP contribution >= 0.6 is 0 Å². The lowest BCUT2D eigenvalue weighted by Crippen LogP contribution is -2.29. The van der Waals surface area contributed by atoms with Crippen molar-refractivity contribution < 1.29 is 14.8 Å². The average molecular weight is 256 g/mol. The zero-order valence-electron chi connectivity index (χ0n) is 10.7. The van der Waals surface area contributed by atoms with E-state index in [4.69, 9.17) is 14.8 Å². The van der Waals surface area contributed by atoms with Crippen molar-refractivity contribution in [3.05, 3.63) is 36.4 Å². The summed E-state index contributed by atoms with van der Waals surface area (Å²) in [6.07, 6.45) is 3.86. The van der Waals surface area contributed by atoms with E-state index in [-0.39, 0.29) is 0 Å². The fourth-order valence-electron chi connectivity index (χ4n) is 2.24. The molecule has 98 valence electrons. The molecule has 0 amide bonds. The minimum absolute atomic E-state index is 0.509. The van der Waals surface area contributed by atoms with Gasteiger partial charge < -0.3 is 14.8 Å². The van der Waals surface area contributed by atoms with Gasteiger partial charge in [0, 0.05) is 0 Å². The summed E-state index contributed by atoms with van der Waals surface area (Å²) in [7, 11) is -1.42. The second-order valence-corrected chi connectivity index (χ2v) is 5.22. The van der Waals surface area contributed by atoms with Crippen molar-refractivity contribution in [2.75, 3.05) is 6.61 Å². The number of hydrogen-bond acceptors (Lipinski definition) is 3. The van der Waals surface area contributed by atoms with Crippen molar-refractivity contribution in [3.8, 4) is 5.75 Å². The first kappa shape index (κ1) is 12.5. The van der Waals surface area contributed by atoms with Crippen molar-refractivity contribution in [3.63, 3.8) is 0 Å². The first-order valence-corrected chi connectivity index (χ1v) is 6.75. The molecule has 0 aromatic heterocycles. The number of ether oxygens (including phenoxy) is 1. The first-order valence-electron chi connectivity index (χ1n) is 6.75. The summed E-state index contributed by atoms with van der Waals surface area (Å²) < 4.78 is 5.74. The van der Waals surface area contributed by atoms with Gasteiger partial charge in [-0.05, 0) is 40.7 Å². The van der Waals surface area contributed by atoms with Crippen LogP contribution in [0.15, 0.2) is 36.4 Å². The summed E-state index contributed by atoms with van der Waals surface area (Å²) in [6.45, 7) is 0.781. The van der Waals surface area contributed by atoms with E-state index in [0.717, 1.165) is 35.5 Å². The highest BCUT2D eigenvalue weighted by Crippen LogP contribution is 2.32. The SMILES string of the molecule is OB(O)c1ccc2cc(OCCC3CC3)ccc2c1. The Labute approximate surface area is 113 Å². The van der Waals surface area contributed by atoms with Crippen molar-refractivity contribution in [2.24, 2.45) is 5.92 Å². The Morgan fingerprint density at radius 1 is 1.05 bits per heavy atom. The molecule has 2 aromatic rings.